The highest BCUT2D eigenvalue weighted by atomic mass is 16.3. The summed E-state index contributed by atoms with van der Waals surface area (Å²) in [6.45, 7) is 2.07. The van der Waals surface area contributed by atoms with Gasteiger partial charge in [-0.15, -0.1) is 0 Å². The minimum atomic E-state index is -0.161. The second-order valence-electron chi connectivity index (χ2n) is 1.51. The smallest absolute Gasteiger partial charge is 0.243 e. The molecular formula is C6H11NO2. The average molecular weight is 129 g/mol. The lowest BCUT2D eigenvalue weighted by Gasteiger charge is -1.94. The topological polar surface area (TPSA) is 49.3 Å². The van der Waals surface area contributed by atoms with Crippen molar-refractivity contribution in [2.45, 2.75) is 6.92 Å². The van der Waals surface area contributed by atoms with E-state index in [1.165, 1.54) is 6.08 Å². The molecular weight excluding hydrogens is 118 g/mol. The average Bonchev–Trinajstić information content (AvgIpc) is 1.85. The first-order valence-corrected chi connectivity index (χ1v) is 2.82. The zero-order valence-corrected chi connectivity index (χ0v) is 5.42. The van der Waals surface area contributed by atoms with Crippen LogP contribution in [0.5, 0.6) is 0 Å². The standard InChI is InChI=1S/C6H11NO2/c1-2-3-6(9)7-4-5-8/h2-3,8H,4-5H2,1H3,(H,7,9)/b3-2+. The lowest BCUT2D eigenvalue weighted by Crippen LogP contribution is -2.24. The molecule has 0 unspecified atom stereocenters. The third-order valence-corrected chi connectivity index (χ3v) is 0.729. The second kappa shape index (κ2) is 5.31. The summed E-state index contributed by atoms with van der Waals surface area (Å²) < 4.78 is 0. The Morgan fingerprint density at radius 1 is 1.78 bits per heavy atom. The molecule has 2 N–H and O–H groups in total. The van der Waals surface area contributed by atoms with E-state index in [9.17, 15) is 4.79 Å². The summed E-state index contributed by atoms with van der Waals surface area (Å²) in [5.41, 5.74) is 0. The molecule has 0 bridgehead atoms. The summed E-state index contributed by atoms with van der Waals surface area (Å²) in [7, 11) is 0. The Morgan fingerprint density at radius 3 is 2.89 bits per heavy atom. The molecule has 0 radical (unpaired) electrons. The molecule has 3 heteroatoms. The third-order valence-electron chi connectivity index (χ3n) is 0.729. The highest BCUT2D eigenvalue weighted by molar-refractivity contribution is 5.87. The Hall–Kier alpha value is -0.830. The summed E-state index contributed by atoms with van der Waals surface area (Å²) >= 11 is 0. The first kappa shape index (κ1) is 8.17. The van der Waals surface area contributed by atoms with Crippen molar-refractivity contribution in [2.75, 3.05) is 13.2 Å². The molecule has 9 heavy (non-hydrogen) atoms. The quantitative estimate of drug-likeness (QED) is 0.513. The molecule has 0 heterocycles. The zero-order chi connectivity index (χ0) is 7.11. The monoisotopic (exact) mass is 129 g/mol. The number of rotatable bonds is 3. The Bertz CT molecular complexity index is 110. The maximum atomic E-state index is 10.5. The number of carbonyl (C=O) groups excluding carboxylic acids is 1. The van der Waals surface area contributed by atoms with E-state index >= 15 is 0 Å². The van der Waals surface area contributed by atoms with Gasteiger partial charge in [0.1, 0.15) is 0 Å². The van der Waals surface area contributed by atoms with Gasteiger partial charge in [0.05, 0.1) is 6.61 Å². The molecule has 0 saturated heterocycles. The molecule has 0 spiro atoms. The van der Waals surface area contributed by atoms with Crippen LogP contribution in [0.1, 0.15) is 6.92 Å². The molecule has 0 saturated carbocycles. The fraction of sp³-hybridized carbons (Fsp3) is 0.500. The molecule has 1 amide bonds. The predicted molar refractivity (Wildman–Crippen MR) is 34.9 cm³/mol. The Balaban J connectivity index is 3.27. The lowest BCUT2D eigenvalue weighted by atomic mass is 10.5. The lowest BCUT2D eigenvalue weighted by molar-refractivity contribution is -0.116. The van der Waals surface area contributed by atoms with Crippen LogP contribution in [0.4, 0.5) is 0 Å². The summed E-state index contributed by atoms with van der Waals surface area (Å²) in [5.74, 6) is -0.161. The van der Waals surface area contributed by atoms with Gasteiger partial charge in [-0.25, -0.2) is 0 Å². The number of nitrogens with one attached hydrogen (secondary N) is 1. The van der Waals surface area contributed by atoms with Crippen molar-refractivity contribution in [1.82, 2.24) is 5.32 Å². The third kappa shape index (κ3) is 5.03. The molecule has 0 aromatic heterocycles. The van der Waals surface area contributed by atoms with Crippen LogP contribution in [0.15, 0.2) is 12.2 Å². The Kier molecular flexibility index (Phi) is 4.82. The van der Waals surface area contributed by atoms with Gasteiger partial charge in [-0.1, -0.05) is 6.08 Å². The number of allylic oxidation sites excluding steroid dienone is 1. The zero-order valence-electron chi connectivity index (χ0n) is 5.42. The van der Waals surface area contributed by atoms with Crippen LogP contribution in [0.25, 0.3) is 0 Å². The summed E-state index contributed by atoms with van der Waals surface area (Å²) in [6.07, 6.45) is 3.06. The molecule has 0 aliphatic heterocycles. The van der Waals surface area contributed by atoms with Gasteiger partial charge in [0.15, 0.2) is 0 Å². The van der Waals surface area contributed by atoms with Crippen molar-refractivity contribution in [3.8, 4) is 0 Å². The van der Waals surface area contributed by atoms with Crippen molar-refractivity contribution in [1.29, 1.82) is 0 Å². The van der Waals surface area contributed by atoms with Gasteiger partial charge in [-0.2, -0.15) is 0 Å². The number of hydrogen-bond acceptors (Lipinski definition) is 2. The van der Waals surface area contributed by atoms with Crippen LogP contribution >= 0.6 is 0 Å². The summed E-state index contributed by atoms with van der Waals surface area (Å²) in [4.78, 5) is 10.5. The Labute approximate surface area is 54.4 Å². The van der Waals surface area contributed by atoms with Crippen LogP contribution < -0.4 is 5.32 Å². The van der Waals surface area contributed by atoms with Gasteiger partial charge in [0, 0.05) is 6.54 Å². The molecule has 0 atom stereocenters. The molecule has 3 nitrogen and oxygen atoms in total. The van der Waals surface area contributed by atoms with Crippen molar-refractivity contribution < 1.29 is 9.90 Å². The van der Waals surface area contributed by atoms with Crippen molar-refractivity contribution >= 4 is 5.91 Å². The van der Waals surface area contributed by atoms with E-state index < -0.39 is 0 Å². The van der Waals surface area contributed by atoms with Crippen LogP contribution in [-0.4, -0.2) is 24.2 Å². The van der Waals surface area contributed by atoms with E-state index in [-0.39, 0.29) is 12.5 Å². The van der Waals surface area contributed by atoms with Crippen molar-refractivity contribution in [3.05, 3.63) is 12.2 Å². The van der Waals surface area contributed by atoms with E-state index in [0.29, 0.717) is 6.54 Å². The van der Waals surface area contributed by atoms with Crippen LogP contribution in [0.3, 0.4) is 0 Å². The van der Waals surface area contributed by atoms with Crippen LogP contribution in [0.2, 0.25) is 0 Å². The number of carbonyl (C=O) groups is 1. The number of aliphatic hydroxyl groups is 1. The molecule has 0 aliphatic rings. The van der Waals surface area contributed by atoms with E-state index in [1.807, 2.05) is 0 Å². The van der Waals surface area contributed by atoms with Gasteiger partial charge < -0.3 is 10.4 Å². The molecule has 0 rings (SSSR count). The summed E-state index contributed by atoms with van der Waals surface area (Å²) in [6, 6.07) is 0. The molecule has 0 aromatic carbocycles. The van der Waals surface area contributed by atoms with Crippen LogP contribution in [-0.2, 0) is 4.79 Å². The summed E-state index contributed by atoms with van der Waals surface area (Å²) in [5, 5.41) is 10.7. The molecule has 0 fully saturated rings. The normalized spacial score (nSPS) is 10.0. The number of hydrogen-bond donors (Lipinski definition) is 2. The molecule has 52 valence electrons. The molecule has 0 aromatic rings. The van der Waals surface area contributed by atoms with Crippen LogP contribution in [0, 0.1) is 0 Å². The van der Waals surface area contributed by atoms with E-state index in [2.05, 4.69) is 5.32 Å². The van der Waals surface area contributed by atoms with Gasteiger partial charge in [-0.05, 0) is 13.0 Å². The molecule has 0 aliphatic carbocycles. The first-order chi connectivity index (χ1) is 4.31. The number of aliphatic hydroxyl groups excluding tert-OH is 1. The van der Waals surface area contributed by atoms with E-state index in [0.717, 1.165) is 0 Å². The maximum absolute atomic E-state index is 10.5. The fourth-order valence-electron chi connectivity index (χ4n) is 0.389. The minimum Gasteiger partial charge on any atom is -0.395 e. The first-order valence-electron chi connectivity index (χ1n) is 2.82. The fourth-order valence-corrected chi connectivity index (χ4v) is 0.389. The van der Waals surface area contributed by atoms with Gasteiger partial charge in [0.2, 0.25) is 5.91 Å². The Morgan fingerprint density at radius 2 is 2.44 bits per heavy atom. The van der Waals surface area contributed by atoms with Crippen molar-refractivity contribution in [3.63, 3.8) is 0 Å². The van der Waals surface area contributed by atoms with E-state index in [1.54, 1.807) is 13.0 Å². The SMILES string of the molecule is C/C=C/C(=O)NCCO. The minimum absolute atomic E-state index is 0.0106. The largest absolute Gasteiger partial charge is 0.395 e. The second-order valence-corrected chi connectivity index (χ2v) is 1.51. The van der Waals surface area contributed by atoms with E-state index in [4.69, 9.17) is 5.11 Å². The maximum Gasteiger partial charge on any atom is 0.243 e. The predicted octanol–water partition coefficient (Wildman–Crippen LogP) is -0.329. The van der Waals surface area contributed by atoms with Crippen molar-refractivity contribution in [2.24, 2.45) is 0 Å². The number of amides is 1. The van der Waals surface area contributed by atoms with Gasteiger partial charge >= 0.3 is 0 Å². The highest BCUT2D eigenvalue weighted by Gasteiger charge is 1.88. The van der Waals surface area contributed by atoms with Gasteiger partial charge in [0.25, 0.3) is 0 Å². The van der Waals surface area contributed by atoms with Gasteiger partial charge in [-0.3, -0.25) is 4.79 Å². The highest BCUT2D eigenvalue weighted by Crippen LogP contribution is 1.69.